The molecule has 0 amide bonds. The van der Waals surface area contributed by atoms with E-state index in [0.29, 0.717) is 5.56 Å². The zero-order valence-corrected chi connectivity index (χ0v) is 14.2. The number of aryl methyl sites for hydroxylation is 1. The second kappa shape index (κ2) is 7.93. The molecule has 0 radical (unpaired) electrons. The van der Waals surface area contributed by atoms with Gasteiger partial charge in [0.2, 0.25) is 0 Å². The van der Waals surface area contributed by atoms with Gasteiger partial charge in [0.05, 0.1) is 0 Å². The monoisotopic (exact) mass is 347 g/mol. The summed E-state index contributed by atoms with van der Waals surface area (Å²) in [5.74, 6) is -0.426. The van der Waals surface area contributed by atoms with Crippen molar-refractivity contribution in [2.45, 2.75) is 51.0 Å². The number of rotatable bonds is 5. The molecule has 3 nitrogen and oxygen atoms in total. The van der Waals surface area contributed by atoms with Crippen LogP contribution in [-0.2, 0) is 6.54 Å². The lowest BCUT2D eigenvalue weighted by molar-refractivity contribution is -0.0158. The molecule has 2 aromatic carbocycles. The maximum absolute atomic E-state index is 13.7. The van der Waals surface area contributed by atoms with Crippen LogP contribution in [0, 0.1) is 18.6 Å². The first-order chi connectivity index (χ1) is 12.0. The highest BCUT2D eigenvalue weighted by molar-refractivity contribution is 5.27. The molecule has 1 aliphatic rings. The average molecular weight is 347 g/mol. The molecule has 2 aromatic rings. The molecule has 0 spiro atoms. The maximum atomic E-state index is 13.7. The smallest absolute Gasteiger partial charge is 0.130 e. The summed E-state index contributed by atoms with van der Waals surface area (Å²) in [7, 11) is 0. The van der Waals surface area contributed by atoms with E-state index >= 15 is 0 Å². The summed E-state index contributed by atoms with van der Waals surface area (Å²) in [6.07, 6.45) is 1.50. The molecule has 2 N–H and O–H groups in total. The number of ether oxygens (including phenoxy) is 1. The van der Waals surface area contributed by atoms with E-state index in [9.17, 15) is 13.9 Å². The van der Waals surface area contributed by atoms with Gasteiger partial charge in [0.15, 0.2) is 0 Å². The number of halogens is 2. The largest absolute Gasteiger partial charge is 0.488 e. The summed E-state index contributed by atoms with van der Waals surface area (Å²) >= 11 is 0. The van der Waals surface area contributed by atoms with Gasteiger partial charge in [-0.05, 0) is 49.9 Å². The molecular weight excluding hydrogens is 324 g/mol. The minimum absolute atomic E-state index is 0.187. The summed E-state index contributed by atoms with van der Waals surface area (Å²) < 4.78 is 32.7. The van der Waals surface area contributed by atoms with Gasteiger partial charge in [-0.25, -0.2) is 8.78 Å². The highest BCUT2D eigenvalue weighted by atomic mass is 19.1. The van der Waals surface area contributed by atoms with Crippen molar-refractivity contribution >= 4 is 0 Å². The van der Waals surface area contributed by atoms with Crippen LogP contribution in [0.2, 0.25) is 0 Å². The molecule has 3 atom stereocenters. The lowest BCUT2D eigenvalue weighted by Crippen LogP contribution is -2.51. The highest BCUT2D eigenvalue weighted by Crippen LogP contribution is 2.25. The minimum Gasteiger partial charge on any atom is -0.488 e. The van der Waals surface area contributed by atoms with Gasteiger partial charge in [-0.2, -0.15) is 0 Å². The number of nitrogens with one attached hydrogen (secondary N) is 1. The number of benzene rings is 2. The maximum Gasteiger partial charge on any atom is 0.130 e. The fourth-order valence-electron chi connectivity index (χ4n) is 3.26. The Morgan fingerprint density at radius 1 is 1.16 bits per heavy atom. The molecule has 5 heteroatoms. The van der Waals surface area contributed by atoms with Gasteiger partial charge in [0.25, 0.3) is 0 Å². The van der Waals surface area contributed by atoms with Crippen LogP contribution in [0.15, 0.2) is 42.5 Å². The van der Waals surface area contributed by atoms with Crippen molar-refractivity contribution in [3.63, 3.8) is 0 Å². The van der Waals surface area contributed by atoms with Crippen LogP contribution < -0.4 is 10.1 Å². The zero-order chi connectivity index (χ0) is 17.8. The van der Waals surface area contributed by atoms with Gasteiger partial charge in [-0.1, -0.05) is 18.2 Å². The fourth-order valence-corrected chi connectivity index (χ4v) is 3.26. The third kappa shape index (κ3) is 4.55. The molecule has 0 aromatic heterocycles. The van der Waals surface area contributed by atoms with Crippen molar-refractivity contribution in [1.29, 1.82) is 0 Å². The van der Waals surface area contributed by atoms with E-state index in [4.69, 9.17) is 4.74 Å². The zero-order valence-electron chi connectivity index (χ0n) is 14.2. The van der Waals surface area contributed by atoms with E-state index in [0.717, 1.165) is 36.6 Å². The molecule has 0 bridgehead atoms. The summed E-state index contributed by atoms with van der Waals surface area (Å²) in [5, 5.41) is 13.8. The number of aliphatic hydroxyl groups is 1. The molecular formula is C20H23F2NO2. The topological polar surface area (TPSA) is 41.5 Å². The number of aliphatic hydroxyl groups excluding tert-OH is 1. The van der Waals surface area contributed by atoms with Gasteiger partial charge >= 0.3 is 0 Å². The Balaban J connectivity index is 1.60. The molecule has 1 fully saturated rings. The van der Waals surface area contributed by atoms with E-state index in [1.54, 1.807) is 0 Å². The van der Waals surface area contributed by atoms with Gasteiger partial charge in [-0.3, -0.25) is 0 Å². The molecule has 134 valence electrons. The Morgan fingerprint density at radius 3 is 2.76 bits per heavy atom. The molecule has 1 aliphatic carbocycles. The van der Waals surface area contributed by atoms with Gasteiger partial charge < -0.3 is 15.2 Å². The molecule has 25 heavy (non-hydrogen) atoms. The predicted molar refractivity (Wildman–Crippen MR) is 92.4 cm³/mol. The summed E-state index contributed by atoms with van der Waals surface area (Å²) in [4.78, 5) is 0. The van der Waals surface area contributed by atoms with E-state index in [2.05, 4.69) is 5.32 Å². The third-order valence-electron chi connectivity index (χ3n) is 4.64. The van der Waals surface area contributed by atoms with Crippen LogP contribution in [0.3, 0.4) is 0 Å². The van der Waals surface area contributed by atoms with Crippen LogP contribution in [0.1, 0.15) is 30.4 Å². The van der Waals surface area contributed by atoms with Crippen molar-refractivity contribution in [3.8, 4) is 5.75 Å². The van der Waals surface area contributed by atoms with E-state index in [1.165, 1.54) is 12.1 Å². The second-order valence-electron chi connectivity index (χ2n) is 6.62. The molecule has 1 saturated carbocycles. The number of hydrogen-bond donors (Lipinski definition) is 2. The third-order valence-corrected chi connectivity index (χ3v) is 4.64. The van der Waals surface area contributed by atoms with E-state index < -0.39 is 17.7 Å². The lowest BCUT2D eigenvalue weighted by atomic mass is 9.89. The van der Waals surface area contributed by atoms with Gasteiger partial charge in [0.1, 0.15) is 29.6 Å². The SMILES string of the molecule is Cc1cccc(O[C@@H]2CCC[C@H](NCc3ccc(F)cc3F)[C@H]2O)c1. The van der Waals surface area contributed by atoms with Crippen LogP contribution in [0.4, 0.5) is 8.78 Å². The quantitative estimate of drug-likeness (QED) is 0.866. The molecule has 3 rings (SSSR count). The summed E-state index contributed by atoms with van der Waals surface area (Å²) in [6.45, 7) is 2.23. The first kappa shape index (κ1) is 17.8. The standard InChI is InChI=1S/C20H23F2NO2/c1-13-4-2-5-16(10-13)25-19-7-3-6-18(20(19)24)23-12-14-8-9-15(21)11-17(14)22/h2,4-5,8-11,18-20,23-24H,3,6-7,12H2,1H3/t18-,19+,20+/m0/s1. The summed E-state index contributed by atoms with van der Waals surface area (Å²) in [5.41, 5.74) is 1.49. The van der Waals surface area contributed by atoms with Crippen molar-refractivity contribution in [1.82, 2.24) is 5.32 Å². The van der Waals surface area contributed by atoms with Gasteiger partial charge in [0, 0.05) is 24.2 Å². The van der Waals surface area contributed by atoms with Crippen molar-refractivity contribution in [2.75, 3.05) is 0 Å². The normalized spacial score (nSPS) is 23.4. The molecule has 0 heterocycles. The molecule has 0 unspecified atom stereocenters. The van der Waals surface area contributed by atoms with Crippen LogP contribution in [0.5, 0.6) is 5.75 Å². The highest BCUT2D eigenvalue weighted by Gasteiger charge is 2.33. The van der Waals surface area contributed by atoms with Crippen LogP contribution >= 0.6 is 0 Å². The van der Waals surface area contributed by atoms with Crippen molar-refractivity contribution in [2.24, 2.45) is 0 Å². The Kier molecular flexibility index (Phi) is 5.66. The van der Waals surface area contributed by atoms with E-state index in [-0.39, 0.29) is 18.7 Å². The lowest BCUT2D eigenvalue weighted by Gasteiger charge is -2.35. The molecule has 0 aliphatic heterocycles. The first-order valence-electron chi connectivity index (χ1n) is 8.61. The second-order valence-corrected chi connectivity index (χ2v) is 6.62. The van der Waals surface area contributed by atoms with Crippen LogP contribution in [0.25, 0.3) is 0 Å². The average Bonchev–Trinajstić information content (AvgIpc) is 2.57. The first-order valence-corrected chi connectivity index (χ1v) is 8.61. The fraction of sp³-hybridized carbons (Fsp3) is 0.400. The van der Waals surface area contributed by atoms with Gasteiger partial charge in [-0.15, -0.1) is 0 Å². The Labute approximate surface area is 146 Å². The summed E-state index contributed by atoms with van der Waals surface area (Å²) in [6, 6.07) is 11.1. The number of hydrogen-bond acceptors (Lipinski definition) is 3. The van der Waals surface area contributed by atoms with Crippen molar-refractivity contribution in [3.05, 3.63) is 65.2 Å². The van der Waals surface area contributed by atoms with E-state index in [1.807, 2.05) is 31.2 Å². The van der Waals surface area contributed by atoms with Crippen LogP contribution in [-0.4, -0.2) is 23.4 Å². The van der Waals surface area contributed by atoms with Crippen molar-refractivity contribution < 1.29 is 18.6 Å². The molecule has 0 saturated heterocycles. The predicted octanol–water partition coefficient (Wildman–Crippen LogP) is 3.72. The minimum atomic E-state index is -0.683. The Bertz CT molecular complexity index is 723. The Hall–Kier alpha value is -1.98. The Morgan fingerprint density at radius 2 is 2.00 bits per heavy atom.